The average molecular weight is 353 g/mol. The van der Waals surface area contributed by atoms with Crippen LogP contribution in [0.1, 0.15) is 41.2 Å². The smallest absolute Gasteiger partial charge is 0.259 e. The molecule has 3 aromatic rings. The second-order valence-corrected chi connectivity index (χ2v) is 7.03. The van der Waals surface area contributed by atoms with Crippen LogP contribution in [0.3, 0.4) is 0 Å². The molecule has 1 amide bonds. The van der Waals surface area contributed by atoms with Crippen molar-refractivity contribution in [2.45, 2.75) is 25.8 Å². The number of benzene rings is 1. The highest BCUT2D eigenvalue weighted by Gasteiger charge is 2.34. The minimum absolute atomic E-state index is 0.0274. The average Bonchev–Trinajstić information content (AvgIpc) is 3.28. The predicted molar refractivity (Wildman–Crippen MR) is 98.0 cm³/mol. The summed E-state index contributed by atoms with van der Waals surface area (Å²) in [5, 5.41) is 1.01. The number of hydrogen-bond donors (Lipinski definition) is 0. The standard InChI is InChI=1S/C19H19N3O2S/c1-2-24-17-13(7-5-11-20-17)19(23)22-12-6-9-15(22)18-21-14-8-3-4-10-16(14)25-18/h3-5,7-8,10-11,15H,2,6,9,12H2,1H3/t15-/m1/s1. The molecular weight excluding hydrogens is 334 g/mol. The van der Waals surface area contributed by atoms with Crippen molar-refractivity contribution < 1.29 is 9.53 Å². The molecule has 1 aromatic carbocycles. The zero-order chi connectivity index (χ0) is 17.2. The summed E-state index contributed by atoms with van der Waals surface area (Å²) in [4.78, 5) is 24.0. The number of amides is 1. The zero-order valence-corrected chi connectivity index (χ0v) is 14.8. The Morgan fingerprint density at radius 2 is 2.20 bits per heavy atom. The molecule has 1 saturated heterocycles. The Labute approximate surface area is 150 Å². The van der Waals surface area contributed by atoms with Crippen LogP contribution in [0.4, 0.5) is 0 Å². The summed E-state index contributed by atoms with van der Waals surface area (Å²) in [7, 11) is 0. The molecule has 1 aliphatic heterocycles. The zero-order valence-electron chi connectivity index (χ0n) is 14.0. The normalized spacial score (nSPS) is 17.2. The van der Waals surface area contributed by atoms with Gasteiger partial charge in [0.25, 0.3) is 5.91 Å². The number of likely N-dealkylation sites (tertiary alicyclic amines) is 1. The molecule has 0 aliphatic carbocycles. The van der Waals surface area contributed by atoms with E-state index in [2.05, 4.69) is 11.1 Å². The lowest BCUT2D eigenvalue weighted by Gasteiger charge is -2.23. The number of hydrogen-bond acceptors (Lipinski definition) is 5. The monoisotopic (exact) mass is 353 g/mol. The molecule has 4 rings (SSSR count). The summed E-state index contributed by atoms with van der Waals surface area (Å²) >= 11 is 1.67. The van der Waals surface area contributed by atoms with Crippen LogP contribution >= 0.6 is 11.3 Å². The van der Waals surface area contributed by atoms with Crippen molar-refractivity contribution >= 4 is 27.5 Å². The number of fused-ring (bicyclic) bond motifs is 1. The lowest BCUT2D eigenvalue weighted by molar-refractivity contribution is 0.0730. The molecule has 0 radical (unpaired) electrons. The lowest BCUT2D eigenvalue weighted by atomic mass is 10.2. The first kappa shape index (κ1) is 16.0. The number of thiazole rings is 1. The molecule has 1 fully saturated rings. The van der Waals surface area contributed by atoms with Crippen molar-refractivity contribution in [3.05, 3.63) is 53.2 Å². The molecule has 0 unspecified atom stereocenters. The van der Waals surface area contributed by atoms with Gasteiger partial charge in [-0.1, -0.05) is 12.1 Å². The molecule has 0 spiro atoms. The second-order valence-electron chi connectivity index (χ2n) is 5.97. The molecule has 25 heavy (non-hydrogen) atoms. The second kappa shape index (κ2) is 6.80. The molecule has 1 aliphatic rings. The van der Waals surface area contributed by atoms with Gasteiger partial charge in [0.1, 0.15) is 10.6 Å². The number of nitrogens with zero attached hydrogens (tertiary/aromatic N) is 3. The Hall–Kier alpha value is -2.47. The number of rotatable bonds is 4. The highest BCUT2D eigenvalue weighted by Crippen LogP contribution is 2.37. The van der Waals surface area contributed by atoms with E-state index in [9.17, 15) is 4.79 Å². The fourth-order valence-electron chi connectivity index (χ4n) is 3.26. The Morgan fingerprint density at radius 1 is 1.32 bits per heavy atom. The van der Waals surface area contributed by atoms with Gasteiger partial charge in [-0.3, -0.25) is 4.79 Å². The van der Waals surface area contributed by atoms with E-state index in [4.69, 9.17) is 9.72 Å². The van der Waals surface area contributed by atoms with Gasteiger partial charge in [0.15, 0.2) is 0 Å². The number of ether oxygens (including phenoxy) is 1. The van der Waals surface area contributed by atoms with E-state index < -0.39 is 0 Å². The first-order chi connectivity index (χ1) is 12.3. The van der Waals surface area contributed by atoms with Gasteiger partial charge in [-0.25, -0.2) is 9.97 Å². The van der Waals surface area contributed by atoms with Gasteiger partial charge < -0.3 is 9.64 Å². The van der Waals surface area contributed by atoms with Crippen LogP contribution in [0.15, 0.2) is 42.6 Å². The molecule has 1 atom stereocenters. The molecule has 5 nitrogen and oxygen atoms in total. The van der Waals surface area contributed by atoms with Gasteiger partial charge in [0.05, 0.1) is 22.9 Å². The fraction of sp³-hybridized carbons (Fsp3) is 0.316. The van der Waals surface area contributed by atoms with Crippen molar-refractivity contribution in [3.63, 3.8) is 0 Å². The number of aromatic nitrogens is 2. The summed E-state index contributed by atoms with van der Waals surface area (Å²) in [5.41, 5.74) is 1.52. The van der Waals surface area contributed by atoms with Crippen molar-refractivity contribution in [3.8, 4) is 5.88 Å². The maximum absolute atomic E-state index is 13.1. The molecule has 0 saturated carbocycles. The molecular formula is C19H19N3O2S. The minimum Gasteiger partial charge on any atom is -0.477 e. The summed E-state index contributed by atoms with van der Waals surface area (Å²) in [6, 6.07) is 11.7. The van der Waals surface area contributed by atoms with E-state index in [0.717, 1.165) is 34.6 Å². The molecule has 0 bridgehead atoms. The highest BCUT2D eigenvalue weighted by molar-refractivity contribution is 7.18. The van der Waals surface area contributed by atoms with Crippen LogP contribution in [0, 0.1) is 0 Å². The van der Waals surface area contributed by atoms with Gasteiger partial charge in [-0.15, -0.1) is 11.3 Å². The van der Waals surface area contributed by atoms with E-state index in [1.165, 1.54) is 0 Å². The number of pyridine rings is 1. The molecule has 3 heterocycles. The quantitative estimate of drug-likeness (QED) is 0.709. The minimum atomic E-state index is -0.0293. The predicted octanol–water partition coefficient (Wildman–Crippen LogP) is 4.07. The third kappa shape index (κ3) is 2.98. The van der Waals surface area contributed by atoms with Gasteiger partial charge in [0.2, 0.25) is 5.88 Å². The molecule has 2 aromatic heterocycles. The Balaban J connectivity index is 1.66. The number of para-hydroxylation sites is 1. The molecule has 6 heteroatoms. The van der Waals surface area contributed by atoms with Crippen molar-refractivity contribution in [1.29, 1.82) is 0 Å². The number of carbonyl (C=O) groups is 1. The van der Waals surface area contributed by atoms with E-state index in [1.54, 1.807) is 29.7 Å². The van der Waals surface area contributed by atoms with Crippen LogP contribution < -0.4 is 4.74 Å². The Morgan fingerprint density at radius 3 is 3.04 bits per heavy atom. The van der Waals surface area contributed by atoms with E-state index in [0.29, 0.717) is 18.1 Å². The highest BCUT2D eigenvalue weighted by atomic mass is 32.1. The molecule has 0 N–H and O–H groups in total. The Bertz CT molecular complexity index is 875. The van der Waals surface area contributed by atoms with Crippen molar-refractivity contribution in [2.75, 3.05) is 13.2 Å². The topological polar surface area (TPSA) is 55.3 Å². The van der Waals surface area contributed by atoms with E-state index in [-0.39, 0.29) is 11.9 Å². The van der Waals surface area contributed by atoms with Gasteiger partial charge >= 0.3 is 0 Å². The van der Waals surface area contributed by atoms with Crippen LogP contribution in [0.5, 0.6) is 5.88 Å². The van der Waals surface area contributed by atoms with E-state index >= 15 is 0 Å². The maximum atomic E-state index is 13.1. The van der Waals surface area contributed by atoms with E-state index in [1.807, 2.05) is 30.0 Å². The SMILES string of the molecule is CCOc1ncccc1C(=O)N1CCC[C@@H]1c1nc2ccccc2s1. The largest absolute Gasteiger partial charge is 0.477 e. The molecule has 128 valence electrons. The maximum Gasteiger partial charge on any atom is 0.259 e. The summed E-state index contributed by atoms with van der Waals surface area (Å²) < 4.78 is 6.70. The van der Waals surface area contributed by atoms with Crippen LogP contribution in [0.2, 0.25) is 0 Å². The lowest BCUT2D eigenvalue weighted by Crippen LogP contribution is -2.31. The van der Waals surface area contributed by atoms with Gasteiger partial charge in [-0.05, 0) is 44.0 Å². The van der Waals surface area contributed by atoms with Crippen LogP contribution in [-0.4, -0.2) is 33.9 Å². The third-order valence-electron chi connectivity index (χ3n) is 4.39. The van der Waals surface area contributed by atoms with Gasteiger partial charge in [0, 0.05) is 12.7 Å². The number of carbonyl (C=O) groups excluding carboxylic acids is 1. The van der Waals surface area contributed by atoms with Gasteiger partial charge in [-0.2, -0.15) is 0 Å². The first-order valence-electron chi connectivity index (χ1n) is 8.52. The van der Waals surface area contributed by atoms with Crippen molar-refractivity contribution in [1.82, 2.24) is 14.9 Å². The first-order valence-corrected chi connectivity index (χ1v) is 9.34. The summed E-state index contributed by atoms with van der Waals surface area (Å²) in [6.45, 7) is 3.11. The van der Waals surface area contributed by atoms with Crippen LogP contribution in [0.25, 0.3) is 10.2 Å². The summed E-state index contributed by atoms with van der Waals surface area (Å²) in [6.07, 6.45) is 3.57. The fourth-order valence-corrected chi connectivity index (χ4v) is 4.37. The summed E-state index contributed by atoms with van der Waals surface area (Å²) in [5.74, 6) is 0.378. The third-order valence-corrected chi connectivity index (χ3v) is 5.53. The van der Waals surface area contributed by atoms with Crippen LogP contribution in [-0.2, 0) is 0 Å². The Kier molecular flexibility index (Phi) is 4.36. The van der Waals surface area contributed by atoms with Crippen molar-refractivity contribution in [2.24, 2.45) is 0 Å².